The van der Waals surface area contributed by atoms with Gasteiger partial charge in [0.1, 0.15) is 0 Å². The summed E-state index contributed by atoms with van der Waals surface area (Å²) in [5.41, 5.74) is 1.99. The number of para-hydroxylation sites is 1. The van der Waals surface area contributed by atoms with Crippen LogP contribution in [0.5, 0.6) is 0 Å². The Bertz CT molecular complexity index is 433. The van der Waals surface area contributed by atoms with E-state index in [0.717, 1.165) is 24.3 Å². The molecule has 19 heavy (non-hydrogen) atoms. The normalized spacial score (nSPS) is 19.6. The third-order valence-corrected chi connectivity index (χ3v) is 3.63. The predicted molar refractivity (Wildman–Crippen MR) is 78.3 cm³/mol. The number of aryl methyl sites for hydroxylation is 1. The Balaban J connectivity index is 1.69. The van der Waals surface area contributed by atoms with Crippen molar-refractivity contribution in [2.24, 2.45) is 5.92 Å². The number of likely N-dealkylation sites (tertiary alicyclic amines) is 1. The number of amides is 1. The van der Waals surface area contributed by atoms with Crippen molar-refractivity contribution in [1.82, 2.24) is 10.2 Å². The number of carbonyl (C=O) groups is 1. The molecule has 1 atom stereocenters. The fourth-order valence-corrected chi connectivity index (χ4v) is 2.49. The van der Waals surface area contributed by atoms with Gasteiger partial charge < -0.3 is 15.5 Å². The van der Waals surface area contributed by atoms with Crippen molar-refractivity contribution in [2.45, 2.75) is 13.3 Å². The Morgan fingerprint density at radius 1 is 1.42 bits per heavy atom. The lowest BCUT2D eigenvalue weighted by Crippen LogP contribution is -2.32. The molecular formula is C15H23N3O. The number of hydrogen-bond donors (Lipinski definition) is 2. The van der Waals surface area contributed by atoms with E-state index in [-0.39, 0.29) is 5.91 Å². The van der Waals surface area contributed by atoms with Gasteiger partial charge in [0.15, 0.2) is 0 Å². The lowest BCUT2D eigenvalue weighted by Gasteiger charge is -2.12. The maximum absolute atomic E-state index is 11.8. The largest absolute Gasteiger partial charge is 0.325 e. The van der Waals surface area contributed by atoms with Crippen LogP contribution in [-0.2, 0) is 4.79 Å². The number of nitrogens with one attached hydrogen (secondary N) is 2. The van der Waals surface area contributed by atoms with Gasteiger partial charge in [-0.05, 0) is 51.0 Å². The fraction of sp³-hybridized carbons (Fsp3) is 0.533. The average Bonchev–Trinajstić information content (AvgIpc) is 2.78. The minimum Gasteiger partial charge on any atom is -0.325 e. The highest BCUT2D eigenvalue weighted by Crippen LogP contribution is 2.13. The molecule has 0 spiro atoms. The molecule has 0 saturated carbocycles. The van der Waals surface area contributed by atoms with Crippen molar-refractivity contribution in [2.75, 3.05) is 38.5 Å². The van der Waals surface area contributed by atoms with E-state index < -0.39 is 0 Å². The van der Waals surface area contributed by atoms with Crippen LogP contribution in [0, 0.1) is 12.8 Å². The number of rotatable bonds is 5. The van der Waals surface area contributed by atoms with Crippen LogP contribution < -0.4 is 10.6 Å². The van der Waals surface area contributed by atoms with Gasteiger partial charge in [0, 0.05) is 12.2 Å². The number of benzene rings is 1. The summed E-state index contributed by atoms with van der Waals surface area (Å²) < 4.78 is 0. The van der Waals surface area contributed by atoms with E-state index in [0.29, 0.717) is 12.5 Å². The molecule has 1 aliphatic heterocycles. The maximum atomic E-state index is 11.8. The van der Waals surface area contributed by atoms with Crippen LogP contribution in [-0.4, -0.2) is 44.0 Å². The van der Waals surface area contributed by atoms with Crippen LogP contribution in [0.1, 0.15) is 12.0 Å². The second-order valence-electron chi connectivity index (χ2n) is 5.41. The second-order valence-corrected chi connectivity index (χ2v) is 5.41. The molecule has 0 bridgehead atoms. The molecule has 1 heterocycles. The summed E-state index contributed by atoms with van der Waals surface area (Å²) in [7, 11) is 2.14. The Morgan fingerprint density at radius 2 is 2.21 bits per heavy atom. The minimum absolute atomic E-state index is 0.0284. The molecule has 1 aliphatic rings. The van der Waals surface area contributed by atoms with Crippen molar-refractivity contribution >= 4 is 11.6 Å². The molecule has 1 unspecified atom stereocenters. The van der Waals surface area contributed by atoms with Gasteiger partial charge in [-0.3, -0.25) is 4.79 Å². The molecule has 1 aromatic rings. The van der Waals surface area contributed by atoms with Gasteiger partial charge >= 0.3 is 0 Å². The first kappa shape index (κ1) is 14.0. The van der Waals surface area contributed by atoms with E-state index in [1.54, 1.807) is 0 Å². The third-order valence-electron chi connectivity index (χ3n) is 3.63. The monoisotopic (exact) mass is 261 g/mol. The van der Waals surface area contributed by atoms with Crippen LogP contribution in [0.15, 0.2) is 24.3 Å². The molecule has 2 rings (SSSR count). The van der Waals surface area contributed by atoms with Crippen LogP contribution in [0.3, 0.4) is 0 Å². The van der Waals surface area contributed by atoms with E-state index >= 15 is 0 Å². The van der Waals surface area contributed by atoms with Crippen molar-refractivity contribution in [1.29, 1.82) is 0 Å². The lowest BCUT2D eigenvalue weighted by atomic mass is 10.1. The molecule has 2 N–H and O–H groups in total. The smallest absolute Gasteiger partial charge is 0.238 e. The standard InChI is InChI=1S/C15H23N3O/c1-12-5-3-4-6-14(12)17-15(19)10-16-9-13-7-8-18(2)11-13/h3-6,13,16H,7-11H2,1-2H3,(H,17,19). The van der Waals surface area contributed by atoms with E-state index in [1.807, 2.05) is 31.2 Å². The Hall–Kier alpha value is -1.39. The molecule has 104 valence electrons. The van der Waals surface area contributed by atoms with Crippen molar-refractivity contribution in [3.8, 4) is 0 Å². The lowest BCUT2D eigenvalue weighted by molar-refractivity contribution is -0.115. The molecule has 0 aliphatic carbocycles. The minimum atomic E-state index is 0.0284. The number of carbonyl (C=O) groups excluding carboxylic acids is 1. The quantitative estimate of drug-likeness (QED) is 0.844. The molecule has 1 fully saturated rings. The first-order chi connectivity index (χ1) is 9.15. The molecule has 1 saturated heterocycles. The van der Waals surface area contributed by atoms with Gasteiger partial charge in [-0.15, -0.1) is 0 Å². The van der Waals surface area contributed by atoms with Crippen molar-refractivity contribution < 1.29 is 4.79 Å². The zero-order chi connectivity index (χ0) is 13.7. The van der Waals surface area contributed by atoms with E-state index in [9.17, 15) is 4.79 Å². The second kappa shape index (κ2) is 6.68. The number of nitrogens with zero attached hydrogens (tertiary/aromatic N) is 1. The van der Waals surface area contributed by atoms with Crippen LogP contribution in [0.2, 0.25) is 0 Å². The molecule has 4 heteroatoms. The summed E-state index contributed by atoms with van der Waals surface area (Å²) in [6.45, 7) is 5.60. The van der Waals surface area contributed by atoms with Gasteiger partial charge in [-0.1, -0.05) is 18.2 Å². The fourth-order valence-electron chi connectivity index (χ4n) is 2.49. The molecule has 0 radical (unpaired) electrons. The molecule has 0 aromatic heterocycles. The van der Waals surface area contributed by atoms with E-state index in [1.165, 1.54) is 13.0 Å². The zero-order valence-corrected chi connectivity index (χ0v) is 11.8. The summed E-state index contributed by atoms with van der Waals surface area (Å²) in [6, 6.07) is 7.83. The molecular weight excluding hydrogens is 238 g/mol. The first-order valence-electron chi connectivity index (χ1n) is 6.90. The average molecular weight is 261 g/mol. The van der Waals surface area contributed by atoms with Gasteiger partial charge in [-0.2, -0.15) is 0 Å². The topological polar surface area (TPSA) is 44.4 Å². The highest BCUT2D eigenvalue weighted by molar-refractivity contribution is 5.92. The first-order valence-corrected chi connectivity index (χ1v) is 6.90. The number of hydrogen-bond acceptors (Lipinski definition) is 3. The van der Waals surface area contributed by atoms with Gasteiger partial charge in [0.25, 0.3) is 0 Å². The Morgan fingerprint density at radius 3 is 2.89 bits per heavy atom. The highest BCUT2D eigenvalue weighted by atomic mass is 16.1. The van der Waals surface area contributed by atoms with Crippen molar-refractivity contribution in [3.63, 3.8) is 0 Å². The van der Waals surface area contributed by atoms with Crippen LogP contribution >= 0.6 is 0 Å². The summed E-state index contributed by atoms with van der Waals surface area (Å²) in [4.78, 5) is 14.2. The van der Waals surface area contributed by atoms with Crippen LogP contribution in [0.25, 0.3) is 0 Å². The summed E-state index contributed by atoms with van der Waals surface area (Å²) >= 11 is 0. The molecule has 1 amide bonds. The van der Waals surface area contributed by atoms with Gasteiger partial charge in [0.2, 0.25) is 5.91 Å². The molecule has 1 aromatic carbocycles. The Labute approximate surface area is 115 Å². The zero-order valence-electron chi connectivity index (χ0n) is 11.8. The van der Waals surface area contributed by atoms with E-state index in [2.05, 4.69) is 22.6 Å². The van der Waals surface area contributed by atoms with Gasteiger partial charge in [0.05, 0.1) is 6.54 Å². The molecule has 4 nitrogen and oxygen atoms in total. The number of anilines is 1. The highest BCUT2D eigenvalue weighted by Gasteiger charge is 2.18. The SMILES string of the molecule is Cc1ccccc1NC(=O)CNCC1CCN(C)C1. The van der Waals surface area contributed by atoms with Crippen LogP contribution in [0.4, 0.5) is 5.69 Å². The summed E-state index contributed by atoms with van der Waals surface area (Å²) in [5, 5.41) is 6.18. The summed E-state index contributed by atoms with van der Waals surface area (Å²) in [5.74, 6) is 0.705. The predicted octanol–water partition coefficient (Wildman–Crippen LogP) is 1.47. The van der Waals surface area contributed by atoms with Crippen molar-refractivity contribution in [3.05, 3.63) is 29.8 Å². The van der Waals surface area contributed by atoms with Gasteiger partial charge in [-0.25, -0.2) is 0 Å². The summed E-state index contributed by atoms with van der Waals surface area (Å²) in [6.07, 6.45) is 1.23. The maximum Gasteiger partial charge on any atom is 0.238 e. The third kappa shape index (κ3) is 4.33. The van der Waals surface area contributed by atoms with E-state index in [4.69, 9.17) is 0 Å². The Kier molecular flexibility index (Phi) is 4.93.